The van der Waals surface area contributed by atoms with Gasteiger partial charge in [0.25, 0.3) is 0 Å². The Kier molecular flexibility index (Phi) is 2.51. The minimum absolute atomic E-state index is 0.0131. The average Bonchev–Trinajstić information content (AvgIpc) is 2.26. The topological polar surface area (TPSA) is 46.0 Å². The van der Waals surface area contributed by atoms with Crippen LogP contribution in [-0.4, -0.2) is 21.2 Å². The van der Waals surface area contributed by atoms with E-state index < -0.39 is 0 Å². The first-order valence-corrected chi connectivity index (χ1v) is 5.55. The minimum Gasteiger partial charge on any atom is -0.393 e. The minimum atomic E-state index is -0.186. The molecule has 0 aromatic carbocycles. The first-order valence-electron chi connectivity index (χ1n) is 5.55. The van der Waals surface area contributed by atoms with Gasteiger partial charge in [0.2, 0.25) is 0 Å². The Bertz CT molecular complexity index is 366. The maximum absolute atomic E-state index is 9.84. The van der Waals surface area contributed by atoms with Gasteiger partial charge in [0, 0.05) is 23.7 Å². The molecule has 15 heavy (non-hydrogen) atoms. The van der Waals surface area contributed by atoms with E-state index in [-0.39, 0.29) is 11.5 Å². The van der Waals surface area contributed by atoms with Gasteiger partial charge in [-0.05, 0) is 19.8 Å². The lowest BCUT2D eigenvalue weighted by Crippen LogP contribution is -2.49. The van der Waals surface area contributed by atoms with Crippen LogP contribution in [0.2, 0.25) is 0 Å². The fourth-order valence-electron chi connectivity index (χ4n) is 2.50. The van der Waals surface area contributed by atoms with Crippen LogP contribution in [0.15, 0.2) is 12.4 Å². The Labute approximate surface area is 90.6 Å². The molecular weight excluding hydrogens is 188 g/mol. The second kappa shape index (κ2) is 3.56. The van der Waals surface area contributed by atoms with E-state index in [1.54, 1.807) is 12.4 Å². The van der Waals surface area contributed by atoms with Crippen LogP contribution in [0.5, 0.6) is 0 Å². The molecular formula is C12H18N2O. The van der Waals surface area contributed by atoms with E-state index in [1.165, 1.54) is 0 Å². The summed E-state index contributed by atoms with van der Waals surface area (Å²) < 4.78 is 0. The van der Waals surface area contributed by atoms with Crippen molar-refractivity contribution in [3.63, 3.8) is 0 Å². The third kappa shape index (κ3) is 1.46. The van der Waals surface area contributed by atoms with Gasteiger partial charge in [0.05, 0.1) is 17.5 Å². The summed E-state index contributed by atoms with van der Waals surface area (Å²) >= 11 is 0. The number of hydrogen-bond acceptors (Lipinski definition) is 3. The molecule has 1 fully saturated rings. The summed E-state index contributed by atoms with van der Waals surface area (Å²) in [6.07, 6.45) is 5.08. The summed E-state index contributed by atoms with van der Waals surface area (Å²) in [4.78, 5) is 8.67. The number of aromatic nitrogens is 2. The monoisotopic (exact) mass is 206 g/mol. The third-order valence-corrected chi connectivity index (χ3v) is 4.03. The second-order valence-electron chi connectivity index (χ2n) is 4.69. The third-order valence-electron chi connectivity index (χ3n) is 4.03. The van der Waals surface area contributed by atoms with Gasteiger partial charge < -0.3 is 5.11 Å². The maximum Gasteiger partial charge on any atom is 0.0654 e. The first kappa shape index (κ1) is 10.6. The lowest BCUT2D eigenvalue weighted by molar-refractivity contribution is -0.0794. The highest BCUT2D eigenvalue weighted by Gasteiger charge is 2.51. The summed E-state index contributed by atoms with van der Waals surface area (Å²) in [6, 6.07) is 0. The van der Waals surface area contributed by atoms with Crippen LogP contribution in [0.1, 0.15) is 44.0 Å². The second-order valence-corrected chi connectivity index (χ2v) is 4.69. The molecule has 1 aromatic heterocycles. The molecule has 0 amide bonds. The number of aliphatic hydroxyl groups excluding tert-OH is 1. The predicted molar refractivity (Wildman–Crippen MR) is 58.5 cm³/mol. The molecule has 2 rings (SSSR count). The van der Waals surface area contributed by atoms with Crippen molar-refractivity contribution in [2.75, 3.05) is 0 Å². The molecule has 1 heterocycles. The molecule has 1 aliphatic carbocycles. The van der Waals surface area contributed by atoms with E-state index in [0.29, 0.717) is 5.92 Å². The predicted octanol–water partition coefficient (Wildman–Crippen LogP) is 2.05. The molecule has 1 saturated carbocycles. The molecule has 82 valence electrons. The van der Waals surface area contributed by atoms with Crippen molar-refractivity contribution >= 4 is 0 Å². The van der Waals surface area contributed by atoms with E-state index >= 15 is 0 Å². The Balaban J connectivity index is 2.31. The molecule has 3 atom stereocenters. The highest BCUT2D eigenvalue weighted by Crippen LogP contribution is 2.54. The number of nitrogens with zero attached hydrogens (tertiary/aromatic N) is 2. The number of hydrogen-bond donors (Lipinski definition) is 1. The van der Waals surface area contributed by atoms with Gasteiger partial charge in [-0.15, -0.1) is 0 Å². The average molecular weight is 206 g/mol. The lowest BCUT2D eigenvalue weighted by atomic mass is 9.56. The van der Waals surface area contributed by atoms with Crippen LogP contribution >= 0.6 is 0 Å². The van der Waals surface area contributed by atoms with Crippen molar-refractivity contribution < 1.29 is 5.11 Å². The summed E-state index contributed by atoms with van der Waals surface area (Å²) in [5.41, 5.74) is 2.04. The highest BCUT2D eigenvalue weighted by atomic mass is 16.3. The standard InChI is InChI=1S/C12H18N2O/c1-4-12(3)9(7-10(12)15)11-8(2)13-5-6-14-11/h5-6,9-10,15H,4,7H2,1-3H3. The van der Waals surface area contributed by atoms with E-state index in [2.05, 4.69) is 23.8 Å². The molecule has 0 saturated heterocycles. The molecule has 0 spiro atoms. The zero-order valence-corrected chi connectivity index (χ0v) is 9.57. The molecule has 1 aliphatic rings. The zero-order valence-electron chi connectivity index (χ0n) is 9.57. The molecule has 0 aliphatic heterocycles. The van der Waals surface area contributed by atoms with Gasteiger partial charge in [-0.3, -0.25) is 9.97 Å². The van der Waals surface area contributed by atoms with Gasteiger partial charge in [0.15, 0.2) is 0 Å². The van der Waals surface area contributed by atoms with Crippen molar-refractivity contribution in [3.8, 4) is 0 Å². The Morgan fingerprint density at radius 1 is 1.47 bits per heavy atom. The summed E-state index contributed by atoms with van der Waals surface area (Å²) in [7, 11) is 0. The van der Waals surface area contributed by atoms with E-state index in [4.69, 9.17) is 0 Å². The van der Waals surface area contributed by atoms with E-state index in [0.717, 1.165) is 24.2 Å². The SMILES string of the molecule is CCC1(C)C(O)CC1c1nccnc1C. The van der Waals surface area contributed by atoms with Gasteiger partial charge in [-0.2, -0.15) is 0 Å². The van der Waals surface area contributed by atoms with Crippen molar-refractivity contribution in [2.24, 2.45) is 5.41 Å². The largest absolute Gasteiger partial charge is 0.393 e. The van der Waals surface area contributed by atoms with Crippen molar-refractivity contribution in [3.05, 3.63) is 23.8 Å². The Hall–Kier alpha value is -0.960. The Morgan fingerprint density at radius 2 is 2.13 bits per heavy atom. The molecule has 0 radical (unpaired) electrons. The molecule has 3 unspecified atom stereocenters. The van der Waals surface area contributed by atoms with Crippen LogP contribution < -0.4 is 0 Å². The highest BCUT2D eigenvalue weighted by molar-refractivity contribution is 5.23. The number of aryl methyl sites for hydroxylation is 1. The smallest absolute Gasteiger partial charge is 0.0654 e. The van der Waals surface area contributed by atoms with Crippen molar-refractivity contribution in [2.45, 2.75) is 45.6 Å². The molecule has 3 nitrogen and oxygen atoms in total. The lowest BCUT2D eigenvalue weighted by Gasteiger charge is -2.51. The van der Waals surface area contributed by atoms with Gasteiger partial charge in [-0.1, -0.05) is 13.8 Å². The molecule has 1 N–H and O–H groups in total. The van der Waals surface area contributed by atoms with E-state index in [9.17, 15) is 5.11 Å². The van der Waals surface area contributed by atoms with Gasteiger partial charge >= 0.3 is 0 Å². The fourth-order valence-corrected chi connectivity index (χ4v) is 2.50. The normalized spacial score (nSPS) is 34.9. The quantitative estimate of drug-likeness (QED) is 0.805. The number of rotatable bonds is 2. The van der Waals surface area contributed by atoms with Gasteiger partial charge in [-0.25, -0.2) is 0 Å². The van der Waals surface area contributed by atoms with Gasteiger partial charge in [0.1, 0.15) is 0 Å². The van der Waals surface area contributed by atoms with Crippen LogP contribution in [0, 0.1) is 12.3 Å². The molecule has 3 heteroatoms. The van der Waals surface area contributed by atoms with Crippen LogP contribution in [-0.2, 0) is 0 Å². The molecule has 0 bridgehead atoms. The molecule has 1 aromatic rings. The van der Waals surface area contributed by atoms with Crippen LogP contribution in [0.4, 0.5) is 0 Å². The van der Waals surface area contributed by atoms with Crippen molar-refractivity contribution in [1.82, 2.24) is 9.97 Å². The summed E-state index contributed by atoms with van der Waals surface area (Å²) in [6.45, 7) is 6.25. The maximum atomic E-state index is 9.84. The fraction of sp³-hybridized carbons (Fsp3) is 0.667. The summed E-state index contributed by atoms with van der Waals surface area (Å²) in [5, 5.41) is 9.84. The van der Waals surface area contributed by atoms with Crippen LogP contribution in [0.3, 0.4) is 0 Å². The summed E-state index contributed by atoms with van der Waals surface area (Å²) in [5.74, 6) is 0.367. The first-order chi connectivity index (χ1) is 7.09. The zero-order chi connectivity index (χ0) is 11.1. The Morgan fingerprint density at radius 3 is 2.67 bits per heavy atom. The number of aliphatic hydroxyl groups is 1. The van der Waals surface area contributed by atoms with Crippen molar-refractivity contribution in [1.29, 1.82) is 0 Å². The van der Waals surface area contributed by atoms with E-state index in [1.807, 2.05) is 6.92 Å². The van der Waals surface area contributed by atoms with Crippen LogP contribution in [0.25, 0.3) is 0 Å².